The van der Waals surface area contributed by atoms with Crippen LogP contribution in [0.4, 0.5) is 0 Å². The number of halogens is 2. The van der Waals surface area contributed by atoms with Gasteiger partial charge in [-0.2, -0.15) is 0 Å². The van der Waals surface area contributed by atoms with Gasteiger partial charge in [-0.25, -0.2) is 0 Å². The standard InChI is InChI=1S/C36H38ClIO3/c1-4-25(10-7-5-6-9-24(2)39)21-26-13-15-27(16-14-26)35-31-19-17-29(36(3,40)41)22-28(31)11-8-12-33(35)32-20-18-30(37)23-34(32)38/h6,9,13-23,40-41H,4-5,7-8,10-12H2,1-3H3/b9-6+,25-21+. The smallest absolute Gasteiger partial charge is 0.186 e. The monoisotopic (exact) mass is 680 g/mol. The van der Waals surface area contributed by atoms with Gasteiger partial charge in [-0.1, -0.05) is 78.7 Å². The van der Waals surface area contributed by atoms with Crippen LogP contribution in [0.3, 0.4) is 0 Å². The van der Waals surface area contributed by atoms with Crippen molar-refractivity contribution >= 4 is 57.2 Å². The largest absolute Gasteiger partial charge is 0.362 e. The molecule has 0 amide bonds. The second kappa shape index (κ2) is 14.1. The average molecular weight is 681 g/mol. The van der Waals surface area contributed by atoms with Gasteiger partial charge in [0.25, 0.3) is 0 Å². The zero-order chi connectivity index (χ0) is 29.6. The first kappa shape index (κ1) is 31.4. The van der Waals surface area contributed by atoms with E-state index in [2.05, 4.69) is 65.9 Å². The number of aliphatic hydroxyl groups is 2. The van der Waals surface area contributed by atoms with Crippen molar-refractivity contribution < 1.29 is 15.0 Å². The normalized spacial score (nSPS) is 14.4. The van der Waals surface area contributed by atoms with E-state index in [1.54, 1.807) is 13.0 Å². The summed E-state index contributed by atoms with van der Waals surface area (Å²) in [6.07, 6.45) is 12.6. The Morgan fingerprint density at radius 3 is 2.41 bits per heavy atom. The van der Waals surface area contributed by atoms with E-state index in [4.69, 9.17) is 11.6 Å². The van der Waals surface area contributed by atoms with E-state index >= 15 is 0 Å². The average Bonchev–Trinajstić information content (AvgIpc) is 3.11. The molecule has 3 aromatic rings. The lowest BCUT2D eigenvalue weighted by Gasteiger charge is -2.21. The summed E-state index contributed by atoms with van der Waals surface area (Å²) in [5.41, 5.74) is 10.1. The highest BCUT2D eigenvalue weighted by atomic mass is 127. The molecule has 1 aliphatic rings. The minimum atomic E-state index is -1.88. The first-order valence-electron chi connectivity index (χ1n) is 14.3. The number of fused-ring (bicyclic) bond motifs is 1. The third kappa shape index (κ3) is 8.29. The molecule has 41 heavy (non-hydrogen) atoms. The molecule has 0 aromatic heterocycles. The van der Waals surface area contributed by atoms with E-state index in [0.717, 1.165) is 70.2 Å². The number of ketones is 1. The molecule has 4 rings (SSSR count). The van der Waals surface area contributed by atoms with Crippen LogP contribution in [0.15, 0.2) is 78.4 Å². The zero-order valence-corrected chi connectivity index (χ0v) is 26.9. The van der Waals surface area contributed by atoms with Crippen LogP contribution in [0.25, 0.3) is 17.2 Å². The van der Waals surface area contributed by atoms with Gasteiger partial charge in [-0.3, -0.25) is 4.79 Å². The van der Waals surface area contributed by atoms with E-state index in [1.807, 2.05) is 36.4 Å². The Balaban J connectivity index is 1.75. The van der Waals surface area contributed by atoms with Gasteiger partial charge in [0.05, 0.1) is 0 Å². The number of unbranched alkanes of at least 4 members (excludes halogenated alkanes) is 1. The van der Waals surface area contributed by atoms with Crippen molar-refractivity contribution in [2.75, 3.05) is 0 Å². The topological polar surface area (TPSA) is 57.5 Å². The van der Waals surface area contributed by atoms with Crippen molar-refractivity contribution in [3.8, 4) is 0 Å². The Hall–Kier alpha value is -2.51. The van der Waals surface area contributed by atoms with E-state index in [1.165, 1.54) is 34.8 Å². The first-order chi connectivity index (χ1) is 19.6. The number of carbonyl (C=O) groups excluding carboxylic acids is 1. The maximum atomic E-state index is 11.1. The summed E-state index contributed by atoms with van der Waals surface area (Å²) in [7, 11) is 0. The molecule has 0 saturated heterocycles. The fraction of sp³-hybridized carbons (Fsp3) is 0.306. The van der Waals surface area contributed by atoms with Crippen molar-refractivity contribution in [1.82, 2.24) is 0 Å². The fourth-order valence-corrected chi connectivity index (χ4v) is 6.64. The second-order valence-corrected chi connectivity index (χ2v) is 12.5. The summed E-state index contributed by atoms with van der Waals surface area (Å²) in [6.45, 7) is 5.18. The SMILES string of the molecule is CC/C(=C\c1ccc(C2=C(c3ccc(Cl)cc3I)CCCc3cc(C(C)(O)O)ccc32)cc1)CCC/C=C/C(C)=O. The van der Waals surface area contributed by atoms with Crippen molar-refractivity contribution in [3.63, 3.8) is 0 Å². The Morgan fingerprint density at radius 2 is 1.76 bits per heavy atom. The number of hydrogen-bond acceptors (Lipinski definition) is 3. The maximum absolute atomic E-state index is 11.1. The van der Waals surface area contributed by atoms with Gasteiger partial charge in [-0.15, -0.1) is 0 Å². The predicted molar refractivity (Wildman–Crippen MR) is 180 cm³/mol. The van der Waals surface area contributed by atoms with Gasteiger partial charge in [0.1, 0.15) is 0 Å². The van der Waals surface area contributed by atoms with Gasteiger partial charge in [-0.05, 0) is 145 Å². The molecule has 0 heterocycles. The van der Waals surface area contributed by atoms with Crippen molar-refractivity contribution in [3.05, 3.63) is 120 Å². The highest BCUT2D eigenvalue weighted by molar-refractivity contribution is 14.1. The molecule has 0 fully saturated rings. The van der Waals surface area contributed by atoms with Crippen molar-refractivity contribution in [2.24, 2.45) is 0 Å². The summed E-state index contributed by atoms with van der Waals surface area (Å²) in [4.78, 5) is 11.1. The Morgan fingerprint density at radius 1 is 1.02 bits per heavy atom. The minimum absolute atomic E-state index is 0.0948. The fourth-order valence-electron chi connectivity index (χ4n) is 5.44. The quantitative estimate of drug-likeness (QED) is 0.0971. The molecule has 0 spiro atoms. The molecule has 0 bridgehead atoms. The molecule has 0 atom stereocenters. The molecule has 2 N–H and O–H groups in total. The van der Waals surface area contributed by atoms with E-state index in [9.17, 15) is 15.0 Å². The van der Waals surface area contributed by atoms with Crippen LogP contribution in [-0.4, -0.2) is 16.0 Å². The van der Waals surface area contributed by atoms with Gasteiger partial charge >= 0.3 is 0 Å². The number of rotatable bonds is 10. The summed E-state index contributed by atoms with van der Waals surface area (Å²) in [6, 6.07) is 20.7. The van der Waals surface area contributed by atoms with Crippen LogP contribution >= 0.6 is 34.2 Å². The summed E-state index contributed by atoms with van der Waals surface area (Å²) in [5, 5.41) is 21.3. The first-order valence-corrected chi connectivity index (χ1v) is 15.8. The third-order valence-electron chi connectivity index (χ3n) is 7.60. The number of aryl methyl sites for hydroxylation is 1. The molecule has 3 aromatic carbocycles. The van der Waals surface area contributed by atoms with Crippen LogP contribution < -0.4 is 0 Å². The Kier molecular flexibility index (Phi) is 10.8. The van der Waals surface area contributed by atoms with Gasteiger partial charge in [0, 0.05) is 14.2 Å². The molecular formula is C36H38ClIO3. The van der Waals surface area contributed by atoms with E-state index < -0.39 is 5.79 Å². The molecule has 0 radical (unpaired) electrons. The van der Waals surface area contributed by atoms with Crippen LogP contribution in [0, 0.1) is 3.57 Å². The number of carbonyl (C=O) groups is 1. The van der Waals surface area contributed by atoms with E-state index in [0.29, 0.717) is 5.56 Å². The lowest BCUT2D eigenvalue weighted by Crippen LogP contribution is -2.20. The Labute approximate surface area is 262 Å². The highest BCUT2D eigenvalue weighted by Crippen LogP contribution is 2.42. The van der Waals surface area contributed by atoms with Crippen LogP contribution in [0.5, 0.6) is 0 Å². The molecule has 3 nitrogen and oxygen atoms in total. The van der Waals surface area contributed by atoms with Crippen molar-refractivity contribution in [1.29, 1.82) is 0 Å². The second-order valence-electron chi connectivity index (χ2n) is 10.9. The van der Waals surface area contributed by atoms with Crippen LogP contribution in [0.1, 0.15) is 92.7 Å². The lowest BCUT2D eigenvalue weighted by atomic mass is 9.86. The molecule has 0 saturated carbocycles. The number of allylic oxidation sites excluding steroid dienone is 4. The number of hydrogen-bond donors (Lipinski definition) is 2. The van der Waals surface area contributed by atoms with Crippen LogP contribution in [0.2, 0.25) is 5.02 Å². The lowest BCUT2D eigenvalue weighted by molar-refractivity contribution is -0.152. The number of benzene rings is 3. The highest BCUT2D eigenvalue weighted by Gasteiger charge is 2.25. The summed E-state index contributed by atoms with van der Waals surface area (Å²) < 4.78 is 1.12. The molecule has 5 heteroatoms. The predicted octanol–water partition coefficient (Wildman–Crippen LogP) is 9.51. The molecule has 214 valence electrons. The van der Waals surface area contributed by atoms with Gasteiger partial charge in [0.2, 0.25) is 0 Å². The van der Waals surface area contributed by atoms with Crippen LogP contribution in [-0.2, 0) is 17.0 Å². The molecule has 0 aliphatic heterocycles. The van der Waals surface area contributed by atoms with Crippen molar-refractivity contribution in [2.45, 2.75) is 71.5 Å². The summed E-state index contributed by atoms with van der Waals surface area (Å²) in [5.74, 6) is -1.79. The Bertz CT molecular complexity index is 1490. The molecule has 1 aliphatic carbocycles. The zero-order valence-electron chi connectivity index (χ0n) is 24.0. The minimum Gasteiger partial charge on any atom is -0.362 e. The molecule has 0 unspecified atom stereocenters. The van der Waals surface area contributed by atoms with Gasteiger partial charge in [0.15, 0.2) is 11.6 Å². The summed E-state index contributed by atoms with van der Waals surface area (Å²) >= 11 is 8.70. The maximum Gasteiger partial charge on any atom is 0.186 e. The third-order valence-corrected chi connectivity index (χ3v) is 8.73. The van der Waals surface area contributed by atoms with E-state index in [-0.39, 0.29) is 5.78 Å². The van der Waals surface area contributed by atoms with Gasteiger partial charge < -0.3 is 10.2 Å². The molecular weight excluding hydrogens is 643 g/mol.